The lowest BCUT2D eigenvalue weighted by atomic mass is 10.1. The molecule has 1 unspecified atom stereocenters. The predicted molar refractivity (Wildman–Crippen MR) is 114 cm³/mol. The molecular formula is C23H24ClN3O3. The topological polar surface area (TPSA) is 68.5 Å². The van der Waals surface area contributed by atoms with Gasteiger partial charge in [-0.25, -0.2) is 0 Å². The summed E-state index contributed by atoms with van der Waals surface area (Å²) in [6, 6.07) is 14.9. The van der Waals surface area contributed by atoms with Crippen LogP contribution in [0.3, 0.4) is 0 Å². The van der Waals surface area contributed by atoms with Crippen molar-refractivity contribution in [3.63, 3.8) is 0 Å². The molecule has 1 fully saturated rings. The lowest BCUT2D eigenvalue weighted by molar-refractivity contribution is -0.129. The molecule has 1 atom stereocenters. The summed E-state index contributed by atoms with van der Waals surface area (Å²) in [6.45, 7) is 3.31. The molecule has 4 rings (SSSR count). The first-order valence-electron chi connectivity index (χ1n) is 10.2. The third-order valence-corrected chi connectivity index (χ3v) is 5.41. The van der Waals surface area contributed by atoms with Crippen molar-refractivity contribution in [2.45, 2.75) is 45.2 Å². The van der Waals surface area contributed by atoms with Gasteiger partial charge in [-0.3, -0.25) is 4.79 Å². The van der Waals surface area contributed by atoms with Crippen molar-refractivity contribution in [3.8, 4) is 17.1 Å². The van der Waals surface area contributed by atoms with Crippen LogP contribution in [0.15, 0.2) is 53.1 Å². The molecule has 156 valence electrons. The molecule has 0 aliphatic carbocycles. The molecule has 2 heterocycles. The molecule has 7 heteroatoms. The van der Waals surface area contributed by atoms with E-state index in [0.717, 1.165) is 29.7 Å². The van der Waals surface area contributed by atoms with Gasteiger partial charge in [0.1, 0.15) is 11.8 Å². The number of benzene rings is 2. The van der Waals surface area contributed by atoms with Crippen LogP contribution in [0.5, 0.6) is 5.75 Å². The largest absolute Gasteiger partial charge is 0.494 e. The molecule has 1 aromatic heterocycles. The number of unbranched alkanes of at least 4 members (excludes halogenated alkanes) is 1. The van der Waals surface area contributed by atoms with Crippen molar-refractivity contribution in [3.05, 3.63) is 65.0 Å². The summed E-state index contributed by atoms with van der Waals surface area (Å²) in [6.07, 6.45) is 3.25. The molecule has 3 aromatic rings. The molecule has 0 spiro atoms. The number of rotatable bonds is 8. The van der Waals surface area contributed by atoms with Crippen molar-refractivity contribution >= 4 is 17.5 Å². The first kappa shape index (κ1) is 20.4. The second kappa shape index (κ2) is 9.30. The van der Waals surface area contributed by atoms with Gasteiger partial charge >= 0.3 is 0 Å². The minimum Gasteiger partial charge on any atom is -0.494 e. The van der Waals surface area contributed by atoms with E-state index >= 15 is 0 Å². The Kier molecular flexibility index (Phi) is 6.33. The van der Waals surface area contributed by atoms with Gasteiger partial charge in [-0.05, 0) is 54.8 Å². The summed E-state index contributed by atoms with van der Waals surface area (Å²) in [4.78, 5) is 18.8. The Balaban J connectivity index is 1.47. The van der Waals surface area contributed by atoms with Crippen LogP contribution in [0.1, 0.15) is 50.1 Å². The van der Waals surface area contributed by atoms with Gasteiger partial charge in [0.25, 0.3) is 0 Å². The van der Waals surface area contributed by atoms with Crippen LogP contribution < -0.4 is 4.74 Å². The third kappa shape index (κ3) is 4.65. The van der Waals surface area contributed by atoms with E-state index in [0.29, 0.717) is 42.7 Å². The average molecular weight is 426 g/mol. The summed E-state index contributed by atoms with van der Waals surface area (Å²) in [5, 5.41) is 4.78. The average Bonchev–Trinajstić information content (AvgIpc) is 3.36. The molecule has 1 aliphatic rings. The van der Waals surface area contributed by atoms with E-state index < -0.39 is 0 Å². The van der Waals surface area contributed by atoms with Crippen molar-refractivity contribution in [2.75, 3.05) is 6.61 Å². The lowest BCUT2D eigenvalue weighted by Gasteiger charge is -2.22. The fourth-order valence-corrected chi connectivity index (χ4v) is 3.76. The number of halogens is 1. The van der Waals surface area contributed by atoms with Crippen molar-refractivity contribution in [2.24, 2.45) is 0 Å². The van der Waals surface area contributed by atoms with Crippen LogP contribution in [-0.2, 0) is 11.3 Å². The van der Waals surface area contributed by atoms with Gasteiger partial charge < -0.3 is 14.2 Å². The number of nitrogens with zero attached hydrogens (tertiary/aromatic N) is 3. The van der Waals surface area contributed by atoms with Gasteiger partial charge in [0, 0.05) is 23.6 Å². The summed E-state index contributed by atoms with van der Waals surface area (Å²) in [7, 11) is 0. The van der Waals surface area contributed by atoms with E-state index in [1.54, 1.807) is 4.90 Å². The Bertz CT molecular complexity index is 1000. The second-order valence-corrected chi connectivity index (χ2v) is 7.83. The minimum absolute atomic E-state index is 0.0771. The maximum Gasteiger partial charge on any atom is 0.249 e. The number of hydrogen-bond acceptors (Lipinski definition) is 5. The summed E-state index contributed by atoms with van der Waals surface area (Å²) in [5.74, 6) is 1.87. The fraction of sp³-hybridized carbons (Fsp3) is 0.348. The molecular weight excluding hydrogens is 402 g/mol. The molecule has 0 radical (unpaired) electrons. The Morgan fingerprint density at radius 1 is 1.23 bits per heavy atom. The molecule has 2 aromatic carbocycles. The standard InChI is InChI=1S/C23H24ClN3O3/c1-2-3-13-29-19-9-7-17(8-10-19)22-25-23(30-26-22)20-11-12-21(28)27(20)15-16-5-4-6-18(24)14-16/h4-10,14,20H,2-3,11-13,15H2,1H3. The van der Waals surface area contributed by atoms with Gasteiger partial charge in [-0.15, -0.1) is 0 Å². The molecule has 1 saturated heterocycles. The highest BCUT2D eigenvalue weighted by molar-refractivity contribution is 6.30. The van der Waals surface area contributed by atoms with Crippen molar-refractivity contribution in [1.29, 1.82) is 0 Å². The number of hydrogen-bond donors (Lipinski definition) is 0. The highest BCUT2D eigenvalue weighted by atomic mass is 35.5. The Hall–Kier alpha value is -2.86. The van der Waals surface area contributed by atoms with E-state index in [1.807, 2.05) is 48.5 Å². The maximum atomic E-state index is 12.5. The molecule has 0 saturated carbocycles. The SMILES string of the molecule is CCCCOc1ccc(-c2noc(C3CCC(=O)N3Cc3cccc(Cl)c3)n2)cc1. The van der Waals surface area contributed by atoms with Crippen molar-refractivity contribution < 1.29 is 14.1 Å². The van der Waals surface area contributed by atoms with Crippen LogP contribution in [0, 0.1) is 0 Å². The van der Waals surface area contributed by atoms with Gasteiger partial charge in [0.2, 0.25) is 17.6 Å². The normalized spacial score (nSPS) is 16.3. The number of likely N-dealkylation sites (tertiary alicyclic amines) is 1. The molecule has 6 nitrogen and oxygen atoms in total. The van der Waals surface area contributed by atoms with E-state index in [-0.39, 0.29) is 11.9 Å². The smallest absolute Gasteiger partial charge is 0.249 e. The first-order chi connectivity index (χ1) is 14.6. The fourth-order valence-electron chi connectivity index (χ4n) is 3.54. The number of amides is 1. The first-order valence-corrected chi connectivity index (χ1v) is 10.6. The minimum atomic E-state index is -0.227. The summed E-state index contributed by atoms with van der Waals surface area (Å²) < 4.78 is 11.2. The van der Waals surface area contributed by atoms with Crippen LogP contribution in [0.2, 0.25) is 5.02 Å². The van der Waals surface area contributed by atoms with E-state index in [9.17, 15) is 4.79 Å². The number of carbonyl (C=O) groups excluding carboxylic acids is 1. The highest BCUT2D eigenvalue weighted by Crippen LogP contribution is 2.34. The van der Waals surface area contributed by atoms with Crippen molar-refractivity contribution in [1.82, 2.24) is 15.0 Å². The van der Waals surface area contributed by atoms with Gasteiger partial charge in [-0.1, -0.05) is 42.2 Å². The van der Waals surface area contributed by atoms with Crippen LogP contribution in [0.4, 0.5) is 0 Å². The number of ether oxygens (including phenoxy) is 1. The Morgan fingerprint density at radius 3 is 2.83 bits per heavy atom. The maximum absolute atomic E-state index is 12.5. The quantitative estimate of drug-likeness (QED) is 0.450. The van der Waals surface area contributed by atoms with E-state index in [1.165, 1.54) is 0 Å². The van der Waals surface area contributed by atoms with E-state index in [4.69, 9.17) is 20.9 Å². The molecule has 30 heavy (non-hydrogen) atoms. The molecule has 0 N–H and O–H groups in total. The molecule has 0 bridgehead atoms. The number of carbonyl (C=O) groups is 1. The van der Waals surface area contributed by atoms with Crippen LogP contribution in [0.25, 0.3) is 11.4 Å². The molecule has 1 amide bonds. The number of aromatic nitrogens is 2. The van der Waals surface area contributed by atoms with Crippen LogP contribution >= 0.6 is 11.6 Å². The van der Waals surface area contributed by atoms with Gasteiger partial charge in [0.15, 0.2) is 0 Å². The predicted octanol–water partition coefficient (Wildman–Crippen LogP) is 5.43. The third-order valence-electron chi connectivity index (χ3n) is 5.18. The highest BCUT2D eigenvalue weighted by Gasteiger charge is 2.36. The van der Waals surface area contributed by atoms with Crippen LogP contribution in [-0.4, -0.2) is 27.6 Å². The monoisotopic (exact) mass is 425 g/mol. The zero-order valence-corrected chi connectivity index (χ0v) is 17.6. The summed E-state index contributed by atoms with van der Waals surface area (Å²) >= 11 is 6.08. The molecule has 1 aliphatic heterocycles. The van der Waals surface area contributed by atoms with Gasteiger partial charge in [0.05, 0.1) is 6.61 Å². The zero-order valence-electron chi connectivity index (χ0n) is 16.9. The van der Waals surface area contributed by atoms with E-state index in [2.05, 4.69) is 17.1 Å². The lowest BCUT2D eigenvalue weighted by Crippen LogP contribution is -2.27. The summed E-state index contributed by atoms with van der Waals surface area (Å²) in [5.41, 5.74) is 1.82. The second-order valence-electron chi connectivity index (χ2n) is 7.39. The zero-order chi connectivity index (χ0) is 20.9. The Labute approximate surface area is 180 Å². The Morgan fingerprint density at radius 2 is 2.07 bits per heavy atom. The van der Waals surface area contributed by atoms with Gasteiger partial charge in [-0.2, -0.15) is 4.98 Å².